The second-order valence-electron chi connectivity index (χ2n) is 6.81. The molecule has 0 radical (unpaired) electrons. The number of carbonyl (C=O) groups excluding carboxylic acids is 2. The Labute approximate surface area is 181 Å². The fraction of sp³-hybridized carbons (Fsp3) is 0.143. The van der Waals surface area contributed by atoms with Crippen LogP contribution in [-0.4, -0.2) is 28.2 Å². The van der Waals surface area contributed by atoms with Gasteiger partial charge in [-0.3, -0.25) is 19.7 Å². The molecule has 2 aromatic carbocycles. The van der Waals surface area contributed by atoms with E-state index in [0.717, 1.165) is 23.6 Å². The predicted molar refractivity (Wildman–Crippen MR) is 115 cm³/mol. The smallest absolute Gasteiger partial charge is 0.288 e. The van der Waals surface area contributed by atoms with Gasteiger partial charge in [0.05, 0.1) is 9.80 Å². The Bertz CT molecular complexity index is 1150. The molecule has 0 saturated heterocycles. The van der Waals surface area contributed by atoms with Gasteiger partial charge >= 0.3 is 0 Å². The van der Waals surface area contributed by atoms with Crippen LogP contribution in [0.1, 0.15) is 31.2 Å². The topological polar surface area (TPSA) is 92.6 Å². The van der Waals surface area contributed by atoms with Crippen LogP contribution >= 0.6 is 22.9 Å². The first kappa shape index (κ1) is 20.1. The number of nitrogens with one attached hydrogen (secondary N) is 1. The molecule has 1 aliphatic rings. The minimum absolute atomic E-state index is 0.00133. The van der Waals surface area contributed by atoms with E-state index in [4.69, 9.17) is 11.6 Å². The van der Waals surface area contributed by atoms with Crippen molar-refractivity contribution in [2.24, 2.45) is 0 Å². The van der Waals surface area contributed by atoms with Gasteiger partial charge in [-0.1, -0.05) is 23.7 Å². The number of thiophene rings is 1. The van der Waals surface area contributed by atoms with E-state index in [1.54, 1.807) is 11.0 Å². The molecule has 152 valence electrons. The molecule has 0 unspecified atom stereocenters. The number of carbonyl (C=O) groups is 2. The molecule has 30 heavy (non-hydrogen) atoms. The van der Waals surface area contributed by atoms with Crippen LogP contribution in [0.15, 0.2) is 53.9 Å². The molecule has 0 aliphatic carbocycles. The summed E-state index contributed by atoms with van der Waals surface area (Å²) in [5.74, 6) is -0.476. The van der Waals surface area contributed by atoms with E-state index < -0.39 is 10.8 Å². The summed E-state index contributed by atoms with van der Waals surface area (Å²) in [6.07, 6.45) is 0.740. The van der Waals surface area contributed by atoms with Crippen LogP contribution in [0.2, 0.25) is 5.02 Å². The number of halogens is 1. The molecular formula is C21H16ClN3O4S. The molecule has 1 aromatic heterocycles. The second-order valence-corrected chi connectivity index (χ2v) is 8.17. The van der Waals surface area contributed by atoms with Crippen molar-refractivity contribution in [3.05, 3.63) is 90.6 Å². The average molecular weight is 442 g/mol. The number of hydrogen-bond acceptors (Lipinski definition) is 5. The van der Waals surface area contributed by atoms with Crippen molar-refractivity contribution >= 4 is 46.1 Å². The van der Waals surface area contributed by atoms with Crippen LogP contribution in [-0.2, 0) is 13.0 Å². The molecule has 0 bridgehead atoms. The summed E-state index contributed by atoms with van der Waals surface area (Å²) >= 11 is 7.22. The Balaban J connectivity index is 1.51. The Kier molecular flexibility index (Phi) is 5.52. The van der Waals surface area contributed by atoms with E-state index in [2.05, 4.69) is 5.32 Å². The number of anilines is 1. The van der Waals surface area contributed by atoms with Crippen molar-refractivity contribution in [3.8, 4) is 0 Å². The highest BCUT2D eigenvalue weighted by Crippen LogP contribution is 2.27. The number of amides is 2. The molecule has 4 rings (SSSR count). The normalized spacial score (nSPS) is 12.9. The van der Waals surface area contributed by atoms with Crippen LogP contribution in [0, 0.1) is 10.1 Å². The van der Waals surface area contributed by atoms with Gasteiger partial charge in [0.15, 0.2) is 0 Å². The second kappa shape index (κ2) is 8.25. The number of fused-ring (bicyclic) bond motifs is 1. The van der Waals surface area contributed by atoms with E-state index in [-0.39, 0.29) is 22.2 Å². The highest BCUT2D eigenvalue weighted by Gasteiger charge is 2.23. The molecular weight excluding hydrogens is 426 g/mol. The lowest BCUT2D eigenvalue weighted by atomic mass is 9.98. The van der Waals surface area contributed by atoms with E-state index in [1.807, 2.05) is 29.6 Å². The Morgan fingerprint density at radius 2 is 1.97 bits per heavy atom. The van der Waals surface area contributed by atoms with Crippen molar-refractivity contribution in [1.82, 2.24) is 4.90 Å². The molecule has 0 saturated carbocycles. The Morgan fingerprint density at radius 3 is 2.70 bits per heavy atom. The summed E-state index contributed by atoms with van der Waals surface area (Å²) in [4.78, 5) is 38.1. The first-order chi connectivity index (χ1) is 14.4. The van der Waals surface area contributed by atoms with Crippen LogP contribution < -0.4 is 5.32 Å². The lowest BCUT2D eigenvalue weighted by molar-refractivity contribution is -0.384. The molecule has 9 heteroatoms. The van der Waals surface area contributed by atoms with Gasteiger partial charge in [-0.05, 0) is 53.3 Å². The molecule has 2 heterocycles. The van der Waals surface area contributed by atoms with Crippen LogP contribution in [0.3, 0.4) is 0 Å². The molecule has 0 spiro atoms. The number of nitro benzene ring substituents is 1. The maximum absolute atomic E-state index is 12.6. The van der Waals surface area contributed by atoms with Gasteiger partial charge in [0.2, 0.25) is 0 Å². The third-order valence-electron chi connectivity index (χ3n) is 4.90. The maximum Gasteiger partial charge on any atom is 0.288 e. The van der Waals surface area contributed by atoms with Gasteiger partial charge in [-0.15, -0.1) is 11.3 Å². The van der Waals surface area contributed by atoms with Crippen molar-refractivity contribution in [3.63, 3.8) is 0 Å². The first-order valence-electron chi connectivity index (χ1n) is 9.12. The lowest BCUT2D eigenvalue weighted by Gasteiger charge is -2.29. The molecule has 3 aromatic rings. The van der Waals surface area contributed by atoms with Gasteiger partial charge < -0.3 is 10.2 Å². The zero-order valence-electron chi connectivity index (χ0n) is 15.6. The van der Waals surface area contributed by atoms with Crippen LogP contribution in [0.25, 0.3) is 0 Å². The van der Waals surface area contributed by atoms with Gasteiger partial charge in [-0.25, -0.2) is 0 Å². The first-order valence-corrected chi connectivity index (χ1v) is 10.4. The van der Waals surface area contributed by atoms with Gasteiger partial charge in [0, 0.05) is 30.4 Å². The lowest BCUT2D eigenvalue weighted by Crippen LogP contribution is -2.35. The summed E-state index contributed by atoms with van der Waals surface area (Å²) in [7, 11) is 0. The molecule has 1 N–H and O–H groups in total. The summed E-state index contributed by atoms with van der Waals surface area (Å²) in [6, 6.07) is 13.1. The fourth-order valence-electron chi connectivity index (χ4n) is 3.36. The zero-order chi connectivity index (χ0) is 21.3. The summed E-state index contributed by atoms with van der Waals surface area (Å²) in [5, 5.41) is 15.7. The molecule has 0 fully saturated rings. The third kappa shape index (κ3) is 4.05. The Morgan fingerprint density at radius 1 is 1.13 bits per heavy atom. The van der Waals surface area contributed by atoms with E-state index in [9.17, 15) is 19.7 Å². The predicted octanol–water partition coefficient (Wildman–Crippen LogP) is 4.76. The molecule has 0 atom stereocenters. The minimum atomic E-state index is -0.628. The number of benzene rings is 2. The Hall–Kier alpha value is -3.23. The highest BCUT2D eigenvalue weighted by atomic mass is 35.5. The van der Waals surface area contributed by atoms with Gasteiger partial charge in [0.1, 0.15) is 5.02 Å². The summed E-state index contributed by atoms with van der Waals surface area (Å²) in [6.45, 7) is 1.10. The zero-order valence-corrected chi connectivity index (χ0v) is 17.2. The number of nitrogens with zero attached hydrogens (tertiary/aromatic N) is 2. The highest BCUT2D eigenvalue weighted by molar-refractivity contribution is 7.12. The van der Waals surface area contributed by atoms with Crippen molar-refractivity contribution in [2.45, 2.75) is 13.0 Å². The fourth-order valence-corrected chi connectivity index (χ4v) is 4.24. The molecule has 7 nitrogen and oxygen atoms in total. The van der Waals surface area contributed by atoms with Crippen molar-refractivity contribution in [2.75, 3.05) is 11.9 Å². The van der Waals surface area contributed by atoms with Crippen molar-refractivity contribution in [1.29, 1.82) is 0 Å². The minimum Gasteiger partial charge on any atom is -0.333 e. The average Bonchev–Trinajstić information content (AvgIpc) is 3.27. The van der Waals surface area contributed by atoms with E-state index >= 15 is 0 Å². The quantitative estimate of drug-likeness (QED) is 0.466. The standard InChI is InChI=1S/C21H16ClN3O4S/c22-17-6-4-14(11-18(17)25(28)29)20(26)23-16-5-3-13-7-8-24(12-15(13)10-16)21(27)19-2-1-9-30-19/h1-6,9-11H,7-8,12H2,(H,23,26). The monoisotopic (exact) mass is 441 g/mol. The summed E-state index contributed by atoms with van der Waals surface area (Å²) < 4.78 is 0. The van der Waals surface area contributed by atoms with Gasteiger partial charge in [0.25, 0.3) is 17.5 Å². The van der Waals surface area contributed by atoms with Crippen LogP contribution in [0.4, 0.5) is 11.4 Å². The van der Waals surface area contributed by atoms with Gasteiger partial charge in [-0.2, -0.15) is 0 Å². The SMILES string of the molecule is O=C(Nc1ccc2c(c1)CN(C(=O)c1cccs1)CC2)c1ccc(Cl)c([N+](=O)[O-])c1. The van der Waals surface area contributed by atoms with Crippen LogP contribution in [0.5, 0.6) is 0 Å². The third-order valence-corrected chi connectivity index (χ3v) is 6.08. The number of rotatable bonds is 4. The number of hydrogen-bond donors (Lipinski definition) is 1. The largest absolute Gasteiger partial charge is 0.333 e. The van der Waals surface area contributed by atoms with E-state index in [0.29, 0.717) is 23.7 Å². The van der Waals surface area contributed by atoms with Crippen molar-refractivity contribution < 1.29 is 14.5 Å². The molecule has 2 amide bonds. The maximum atomic E-state index is 12.6. The molecule has 1 aliphatic heterocycles. The summed E-state index contributed by atoms with van der Waals surface area (Å²) in [5.41, 5.74) is 2.47. The number of nitro groups is 1. The van der Waals surface area contributed by atoms with E-state index in [1.165, 1.54) is 23.5 Å².